The van der Waals surface area contributed by atoms with Crippen molar-refractivity contribution in [2.24, 2.45) is 0 Å². The summed E-state index contributed by atoms with van der Waals surface area (Å²) in [6, 6.07) is 11.5. The Bertz CT molecular complexity index is 531. The van der Waals surface area contributed by atoms with Crippen molar-refractivity contribution < 1.29 is 4.79 Å². The number of halogens is 1. The second-order valence-corrected chi connectivity index (χ2v) is 5.03. The number of aryl methyl sites for hydroxylation is 1. The second kappa shape index (κ2) is 5.91. The molecule has 0 aliphatic heterocycles. The standard InChI is InChI=1S/C15H14BrNO/c1-2-11-3-5-12(6-4-11)15(18)9-14-8-7-13(16)10-17-14/h3-8,10H,2,9H2,1H3. The van der Waals surface area contributed by atoms with Crippen LogP contribution in [0.15, 0.2) is 47.1 Å². The highest BCUT2D eigenvalue weighted by atomic mass is 79.9. The maximum absolute atomic E-state index is 12.0. The summed E-state index contributed by atoms with van der Waals surface area (Å²) in [6.07, 6.45) is 3.05. The molecule has 0 atom stereocenters. The van der Waals surface area contributed by atoms with Crippen molar-refractivity contribution >= 4 is 21.7 Å². The van der Waals surface area contributed by atoms with Crippen molar-refractivity contribution in [1.29, 1.82) is 0 Å². The third-order valence-corrected chi connectivity index (χ3v) is 3.28. The summed E-state index contributed by atoms with van der Waals surface area (Å²) in [4.78, 5) is 16.3. The van der Waals surface area contributed by atoms with Crippen LogP contribution < -0.4 is 0 Å². The number of hydrogen-bond acceptors (Lipinski definition) is 2. The highest BCUT2D eigenvalue weighted by Crippen LogP contribution is 2.11. The Morgan fingerprint density at radius 2 is 1.89 bits per heavy atom. The minimum Gasteiger partial charge on any atom is -0.294 e. The number of carbonyl (C=O) groups is 1. The highest BCUT2D eigenvalue weighted by molar-refractivity contribution is 9.10. The number of ketones is 1. The molecule has 1 heterocycles. The van der Waals surface area contributed by atoms with Crippen molar-refractivity contribution in [2.45, 2.75) is 19.8 Å². The molecule has 0 spiro atoms. The van der Waals surface area contributed by atoms with Crippen LogP contribution in [-0.4, -0.2) is 10.8 Å². The molecule has 0 radical (unpaired) electrons. The fourth-order valence-corrected chi connectivity index (χ4v) is 1.94. The van der Waals surface area contributed by atoms with Crippen LogP contribution in [0.1, 0.15) is 28.5 Å². The molecule has 0 amide bonds. The maximum atomic E-state index is 12.0. The van der Waals surface area contributed by atoms with Gasteiger partial charge in [0.05, 0.1) is 6.42 Å². The van der Waals surface area contributed by atoms with E-state index in [0.29, 0.717) is 6.42 Å². The van der Waals surface area contributed by atoms with Gasteiger partial charge in [0, 0.05) is 21.9 Å². The van der Waals surface area contributed by atoms with Crippen LogP contribution in [0.2, 0.25) is 0 Å². The van der Waals surface area contributed by atoms with E-state index in [9.17, 15) is 4.79 Å². The Labute approximate surface area is 115 Å². The molecule has 2 aromatic rings. The number of nitrogens with zero attached hydrogens (tertiary/aromatic N) is 1. The summed E-state index contributed by atoms with van der Waals surface area (Å²) in [5, 5.41) is 0. The molecule has 3 heteroatoms. The van der Waals surface area contributed by atoms with E-state index in [4.69, 9.17) is 0 Å². The van der Waals surface area contributed by atoms with Crippen LogP contribution in [0.4, 0.5) is 0 Å². The zero-order chi connectivity index (χ0) is 13.0. The fourth-order valence-electron chi connectivity index (χ4n) is 1.70. The van der Waals surface area contributed by atoms with Crippen LogP contribution in [0.3, 0.4) is 0 Å². The average Bonchev–Trinajstić information content (AvgIpc) is 2.41. The average molecular weight is 304 g/mol. The molecule has 0 unspecified atom stereocenters. The predicted molar refractivity (Wildman–Crippen MR) is 75.8 cm³/mol. The monoisotopic (exact) mass is 303 g/mol. The van der Waals surface area contributed by atoms with Crippen molar-refractivity contribution in [3.63, 3.8) is 0 Å². The third-order valence-electron chi connectivity index (χ3n) is 2.81. The van der Waals surface area contributed by atoms with Gasteiger partial charge < -0.3 is 0 Å². The summed E-state index contributed by atoms with van der Waals surface area (Å²) in [5.41, 5.74) is 2.79. The molecule has 0 bridgehead atoms. The Morgan fingerprint density at radius 1 is 1.17 bits per heavy atom. The quantitative estimate of drug-likeness (QED) is 0.804. The van der Waals surface area contributed by atoms with Crippen molar-refractivity contribution in [3.8, 4) is 0 Å². The minimum atomic E-state index is 0.104. The van der Waals surface area contributed by atoms with Gasteiger partial charge in [0.15, 0.2) is 5.78 Å². The van der Waals surface area contributed by atoms with Gasteiger partial charge in [-0.25, -0.2) is 0 Å². The molecule has 0 aliphatic rings. The third kappa shape index (κ3) is 3.26. The predicted octanol–water partition coefficient (Wildman–Crippen LogP) is 3.83. The first-order chi connectivity index (χ1) is 8.69. The van der Waals surface area contributed by atoms with Crippen LogP contribution >= 0.6 is 15.9 Å². The summed E-state index contributed by atoms with van der Waals surface area (Å²) < 4.78 is 0.922. The van der Waals surface area contributed by atoms with Gasteiger partial charge in [0.1, 0.15) is 0 Å². The first-order valence-corrected chi connectivity index (χ1v) is 6.71. The Morgan fingerprint density at radius 3 is 2.44 bits per heavy atom. The fraction of sp³-hybridized carbons (Fsp3) is 0.200. The van der Waals surface area contributed by atoms with E-state index in [1.54, 1.807) is 6.20 Å². The molecule has 0 saturated heterocycles. The summed E-state index contributed by atoms with van der Waals surface area (Å²) in [5.74, 6) is 0.104. The molecular formula is C15H14BrNO. The minimum absolute atomic E-state index is 0.104. The van der Waals surface area contributed by atoms with E-state index in [1.165, 1.54) is 5.56 Å². The lowest BCUT2D eigenvalue weighted by Crippen LogP contribution is -2.05. The van der Waals surface area contributed by atoms with E-state index in [0.717, 1.165) is 22.2 Å². The molecule has 0 fully saturated rings. The number of carbonyl (C=O) groups excluding carboxylic acids is 1. The number of aromatic nitrogens is 1. The summed E-state index contributed by atoms with van der Waals surface area (Å²) >= 11 is 3.33. The first-order valence-electron chi connectivity index (χ1n) is 5.91. The van der Waals surface area contributed by atoms with Gasteiger partial charge >= 0.3 is 0 Å². The van der Waals surface area contributed by atoms with Gasteiger partial charge in [-0.3, -0.25) is 9.78 Å². The number of Topliss-reactive ketones (excluding diaryl/α,β-unsaturated/α-hetero) is 1. The normalized spacial score (nSPS) is 10.3. The molecule has 2 rings (SSSR count). The topological polar surface area (TPSA) is 30.0 Å². The smallest absolute Gasteiger partial charge is 0.168 e. The van der Waals surface area contributed by atoms with Crippen molar-refractivity contribution in [1.82, 2.24) is 4.98 Å². The molecule has 1 aromatic heterocycles. The lowest BCUT2D eigenvalue weighted by molar-refractivity contribution is 0.0992. The van der Waals surface area contributed by atoms with Gasteiger partial charge in [-0.1, -0.05) is 31.2 Å². The first kappa shape index (κ1) is 13.0. The van der Waals surface area contributed by atoms with Gasteiger partial charge in [-0.05, 0) is 40.0 Å². The second-order valence-electron chi connectivity index (χ2n) is 4.12. The molecule has 0 N–H and O–H groups in total. The van der Waals surface area contributed by atoms with Gasteiger partial charge in [0.25, 0.3) is 0 Å². The summed E-state index contributed by atoms with van der Waals surface area (Å²) in [7, 11) is 0. The molecular weight excluding hydrogens is 290 g/mol. The number of rotatable bonds is 4. The van der Waals surface area contributed by atoms with E-state index in [1.807, 2.05) is 36.4 Å². The molecule has 0 saturated carbocycles. The van der Waals surface area contributed by atoms with Crippen molar-refractivity contribution in [3.05, 3.63) is 63.9 Å². The number of pyridine rings is 1. The molecule has 92 valence electrons. The largest absolute Gasteiger partial charge is 0.294 e. The molecule has 18 heavy (non-hydrogen) atoms. The molecule has 1 aromatic carbocycles. The Hall–Kier alpha value is -1.48. The van der Waals surface area contributed by atoms with Gasteiger partial charge in [-0.2, -0.15) is 0 Å². The van der Waals surface area contributed by atoms with Crippen LogP contribution in [0, 0.1) is 0 Å². The number of hydrogen-bond donors (Lipinski definition) is 0. The zero-order valence-corrected chi connectivity index (χ0v) is 11.8. The number of benzene rings is 1. The van der Waals surface area contributed by atoms with E-state index in [-0.39, 0.29) is 5.78 Å². The molecule has 0 aliphatic carbocycles. The highest BCUT2D eigenvalue weighted by Gasteiger charge is 2.07. The van der Waals surface area contributed by atoms with Gasteiger partial charge in [-0.15, -0.1) is 0 Å². The zero-order valence-electron chi connectivity index (χ0n) is 10.2. The lowest BCUT2D eigenvalue weighted by Gasteiger charge is -2.02. The maximum Gasteiger partial charge on any atom is 0.168 e. The summed E-state index contributed by atoms with van der Waals surface area (Å²) in [6.45, 7) is 2.10. The van der Waals surface area contributed by atoms with E-state index in [2.05, 4.69) is 27.8 Å². The van der Waals surface area contributed by atoms with Gasteiger partial charge in [0.2, 0.25) is 0 Å². The molecule has 2 nitrogen and oxygen atoms in total. The Balaban J connectivity index is 2.09. The lowest BCUT2D eigenvalue weighted by atomic mass is 10.0. The van der Waals surface area contributed by atoms with Crippen molar-refractivity contribution in [2.75, 3.05) is 0 Å². The van der Waals surface area contributed by atoms with E-state index >= 15 is 0 Å². The van der Waals surface area contributed by atoms with E-state index < -0.39 is 0 Å². The van der Waals surface area contributed by atoms with Crippen LogP contribution in [-0.2, 0) is 12.8 Å². The SMILES string of the molecule is CCc1ccc(C(=O)Cc2ccc(Br)cn2)cc1. The Kier molecular flexibility index (Phi) is 4.26. The van der Waals surface area contributed by atoms with Crippen LogP contribution in [0.5, 0.6) is 0 Å². The van der Waals surface area contributed by atoms with Crippen LogP contribution in [0.25, 0.3) is 0 Å².